The lowest BCUT2D eigenvalue weighted by Crippen LogP contribution is -2.17. The number of carbonyl (C=O) groups is 2. The van der Waals surface area contributed by atoms with Crippen LogP contribution < -0.4 is 4.74 Å². The molecule has 1 atom stereocenters. The van der Waals surface area contributed by atoms with Crippen LogP contribution in [0, 0.1) is 5.92 Å². The lowest BCUT2D eigenvalue weighted by molar-refractivity contribution is -0.139. The minimum absolute atomic E-state index is 0.0581. The van der Waals surface area contributed by atoms with E-state index in [-0.39, 0.29) is 27.5 Å². The van der Waals surface area contributed by atoms with Gasteiger partial charge < -0.3 is 9.84 Å². The molecule has 0 aliphatic heterocycles. The van der Waals surface area contributed by atoms with E-state index in [1.54, 1.807) is 11.8 Å². The van der Waals surface area contributed by atoms with Gasteiger partial charge in [0.05, 0.1) is 5.02 Å². The normalized spacial score (nSPS) is 12.0. The van der Waals surface area contributed by atoms with Gasteiger partial charge >= 0.3 is 5.97 Å². The summed E-state index contributed by atoms with van der Waals surface area (Å²) in [5.41, 5.74) is 0.338. The van der Waals surface area contributed by atoms with E-state index >= 15 is 0 Å². The summed E-state index contributed by atoms with van der Waals surface area (Å²) in [6, 6.07) is 2.99. The van der Waals surface area contributed by atoms with Crippen LogP contribution in [0.15, 0.2) is 12.1 Å². The lowest BCUT2D eigenvalue weighted by Gasteiger charge is -2.15. The van der Waals surface area contributed by atoms with Crippen molar-refractivity contribution in [3.05, 3.63) is 27.7 Å². The largest absolute Gasteiger partial charge is 0.480 e. The molecule has 1 N–H and O–H groups in total. The van der Waals surface area contributed by atoms with Crippen LogP contribution >= 0.6 is 35.0 Å². The summed E-state index contributed by atoms with van der Waals surface area (Å²) in [6.07, 6.45) is 2.65. The Morgan fingerprint density at radius 3 is 2.52 bits per heavy atom. The zero-order valence-electron chi connectivity index (χ0n) is 11.7. The second kappa shape index (κ2) is 8.51. The van der Waals surface area contributed by atoms with Crippen LogP contribution in [0.25, 0.3) is 0 Å². The highest BCUT2D eigenvalue weighted by molar-refractivity contribution is 7.98. The number of rotatable bonds is 8. The van der Waals surface area contributed by atoms with Gasteiger partial charge in [0, 0.05) is 17.2 Å². The van der Waals surface area contributed by atoms with Crippen molar-refractivity contribution >= 4 is 46.7 Å². The van der Waals surface area contributed by atoms with Crippen molar-refractivity contribution in [2.75, 3.05) is 18.6 Å². The molecule has 0 saturated heterocycles. The molecule has 1 aromatic rings. The third-order valence-electron chi connectivity index (χ3n) is 2.89. The maximum atomic E-state index is 12.4. The molecule has 0 fully saturated rings. The number of benzene rings is 1. The quantitative estimate of drug-likeness (QED) is 0.717. The molecule has 21 heavy (non-hydrogen) atoms. The smallest absolute Gasteiger partial charge is 0.341 e. The van der Waals surface area contributed by atoms with Crippen LogP contribution in [-0.2, 0) is 4.79 Å². The first-order chi connectivity index (χ1) is 9.92. The number of hydrogen-bond acceptors (Lipinski definition) is 4. The average molecular weight is 351 g/mol. The molecule has 0 radical (unpaired) electrons. The Morgan fingerprint density at radius 2 is 2.00 bits per heavy atom. The number of hydrogen-bond donors (Lipinski definition) is 1. The van der Waals surface area contributed by atoms with E-state index in [4.69, 9.17) is 33.0 Å². The molecule has 1 unspecified atom stereocenters. The van der Waals surface area contributed by atoms with Gasteiger partial charge in [0.1, 0.15) is 10.8 Å². The van der Waals surface area contributed by atoms with Crippen molar-refractivity contribution in [1.29, 1.82) is 0 Å². The summed E-state index contributed by atoms with van der Waals surface area (Å²) in [5, 5.41) is 8.74. The minimum atomic E-state index is -1.12. The Hall–Kier alpha value is -0.910. The number of Topliss-reactive ketones (excluding diaryl/α,β-unsaturated/α-hetero) is 1. The monoisotopic (exact) mass is 350 g/mol. The molecule has 0 heterocycles. The molecule has 0 saturated carbocycles. The molecule has 4 nitrogen and oxygen atoms in total. The van der Waals surface area contributed by atoms with Crippen molar-refractivity contribution in [2.24, 2.45) is 5.92 Å². The molecule has 7 heteroatoms. The highest BCUT2D eigenvalue weighted by Gasteiger charge is 2.23. The first-order valence-corrected chi connectivity index (χ1v) is 8.43. The Labute approximate surface area is 137 Å². The number of carboxylic acids is 1. The van der Waals surface area contributed by atoms with Crippen LogP contribution in [0.3, 0.4) is 0 Å². The summed E-state index contributed by atoms with van der Waals surface area (Å²) >= 11 is 13.8. The highest BCUT2D eigenvalue weighted by Crippen LogP contribution is 2.36. The summed E-state index contributed by atoms with van der Waals surface area (Å²) in [6.45, 7) is 1.42. The number of carbonyl (C=O) groups excluding carboxylic acids is 1. The first kappa shape index (κ1) is 18.1. The van der Waals surface area contributed by atoms with Crippen molar-refractivity contribution < 1.29 is 19.4 Å². The van der Waals surface area contributed by atoms with Gasteiger partial charge in [-0.05, 0) is 24.8 Å². The van der Waals surface area contributed by atoms with Crippen LogP contribution in [-0.4, -0.2) is 35.5 Å². The second-order valence-corrected chi connectivity index (χ2v) is 6.01. The van der Waals surface area contributed by atoms with E-state index in [9.17, 15) is 9.59 Å². The van der Waals surface area contributed by atoms with Gasteiger partial charge in [-0.3, -0.25) is 4.79 Å². The average Bonchev–Trinajstić information content (AvgIpc) is 2.45. The third kappa shape index (κ3) is 4.80. The summed E-state index contributed by atoms with van der Waals surface area (Å²) in [5.74, 6) is -0.449. The fourth-order valence-corrected chi connectivity index (χ4v) is 3.03. The van der Waals surface area contributed by atoms with E-state index < -0.39 is 12.6 Å². The minimum Gasteiger partial charge on any atom is -0.480 e. The second-order valence-electron chi connectivity index (χ2n) is 4.35. The molecule has 1 rings (SSSR count). The number of halogens is 2. The van der Waals surface area contributed by atoms with Gasteiger partial charge in [-0.15, -0.1) is 0 Å². The van der Waals surface area contributed by atoms with Gasteiger partial charge in [0.2, 0.25) is 0 Å². The molecule has 0 aliphatic carbocycles. The molecule has 0 aliphatic rings. The molecule has 0 amide bonds. The van der Waals surface area contributed by atoms with Crippen LogP contribution in [0.2, 0.25) is 10.0 Å². The van der Waals surface area contributed by atoms with Crippen molar-refractivity contribution in [3.63, 3.8) is 0 Å². The predicted octanol–water partition coefficient (Wildman–Crippen LogP) is 4.03. The number of aliphatic carboxylic acids is 1. The topological polar surface area (TPSA) is 63.6 Å². The van der Waals surface area contributed by atoms with Crippen LogP contribution in [0.5, 0.6) is 5.75 Å². The number of thioether (sulfide) groups is 1. The van der Waals surface area contributed by atoms with Crippen molar-refractivity contribution in [1.82, 2.24) is 0 Å². The maximum Gasteiger partial charge on any atom is 0.341 e. The van der Waals surface area contributed by atoms with E-state index in [0.29, 0.717) is 17.7 Å². The Morgan fingerprint density at radius 1 is 1.33 bits per heavy atom. The molecule has 0 aromatic heterocycles. The zero-order valence-corrected chi connectivity index (χ0v) is 14.0. The number of ketones is 1. The third-order valence-corrected chi connectivity index (χ3v) is 4.50. The van der Waals surface area contributed by atoms with E-state index in [0.717, 1.165) is 0 Å². The van der Waals surface area contributed by atoms with Gasteiger partial charge in [0.25, 0.3) is 0 Å². The fraction of sp³-hybridized carbons (Fsp3) is 0.429. The Balaban J connectivity index is 3.02. The van der Waals surface area contributed by atoms with Gasteiger partial charge in [-0.25, -0.2) is 4.79 Å². The number of carboxylic acid groups (broad SMARTS) is 1. The van der Waals surface area contributed by atoms with Crippen molar-refractivity contribution in [3.8, 4) is 5.75 Å². The van der Waals surface area contributed by atoms with Gasteiger partial charge in [0.15, 0.2) is 12.4 Å². The van der Waals surface area contributed by atoms with Crippen molar-refractivity contribution in [2.45, 2.75) is 13.3 Å². The van der Waals surface area contributed by atoms with Crippen LogP contribution in [0.1, 0.15) is 23.7 Å². The van der Waals surface area contributed by atoms with Crippen LogP contribution in [0.4, 0.5) is 0 Å². The summed E-state index contributed by atoms with van der Waals surface area (Å²) in [7, 11) is 0. The lowest BCUT2D eigenvalue weighted by atomic mass is 9.97. The molecule has 116 valence electrons. The number of ether oxygens (including phenoxy) is 1. The standard InChI is InChI=1S/C14H16Cl2O4S/c1-3-8(7-21-2)14(19)9-4-5-10(13(16)12(9)15)20-6-11(17)18/h4-5,8H,3,6-7H2,1-2H3,(H,17,18). The van der Waals surface area contributed by atoms with Gasteiger partial charge in [-0.1, -0.05) is 30.1 Å². The van der Waals surface area contributed by atoms with Gasteiger partial charge in [-0.2, -0.15) is 11.8 Å². The Kier molecular flexibility index (Phi) is 7.35. The SMILES string of the molecule is CCC(CSC)C(=O)c1ccc(OCC(=O)O)c(Cl)c1Cl. The summed E-state index contributed by atoms with van der Waals surface area (Å²) in [4.78, 5) is 22.9. The molecule has 1 aromatic carbocycles. The Bertz CT molecular complexity index is 534. The maximum absolute atomic E-state index is 12.4. The molecule has 0 bridgehead atoms. The van der Waals surface area contributed by atoms with E-state index in [2.05, 4.69) is 0 Å². The molecular weight excluding hydrogens is 335 g/mol. The molecular formula is C14H16Cl2O4S. The van der Waals surface area contributed by atoms with E-state index in [1.807, 2.05) is 13.2 Å². The summed E-state index contributed by atoms with van der Waals surface area (Å²) < 4.78 is 5.02. The molecule has 0 spiro atoms. The first-order valence-electron chi connectivity index (χ1n) is 6.28. The fourth-order valence-electron chi connectivity index (χ4n) is 1.77. The van der Waals surface area contributed by atoms with E-state index in [1.165, 1.54) is 12.1 Å². The predicted molar refractivity (Wildman–Crippen MR) is 86.1 cm³/mol. The highest BCUT2D eigenvalue weighted by atomic mass is 35.5. The zero-order chi connectivity index (χ0) is 16.0.